The van der Waals surface area contributed by atoms with Gasteiger partial charge in [0.2, 0.25) is 0 Å². The molecule has 0 amide bonds. The van der Waals surface area contributed by atoms with Gasteiger partial charge in [-0.25, -0.2) is 13.2 Å². The fourth-order valence-electron chi connectivity index (χ4n) is 4.35. The van der Waals surface area contributed by atoms with Crippen molar-refractivity contribution in [1.82, 2.24) is 0 Å². The third kappa shape index (κ3) is 7.05. The molecule has 0 unspecified atom stereocenters. The third-order valence-corrected chi connectivity index (χ3v) is 6.21. The van der Waals surface area contributed by atoms with Gasteiger partial charge in [0.05, 0.1) is 12.4 Å². The Morgan fingerprint density at radius 3 is 2.03 bits per heavy atom. The van der Waals surface area contributed by atoms with Crippen LogP contribution < -0.4 is 0 Å². The highest BCUT2D eigenvalue weighted by atomic mass is 19.2. The lowest BCUT2D eigenvalue weighted by atomic mass is 9.77. The Labute approximate surface area is 183 Å². The minimum atomic E-state index is -1.48. The molecule has 1 aliphatic rings. The SMILES string of the molecule is CCCCCCC1CCC(c2ccc(/C=N/N=C/c3cc(F)c(F)c(F)c3)cc2)CC1. The summed E-state index contributed by atoms with van der Waals surface area (Å²) in [6.07, 6.45) is 14.8. The number of rotatable bonds is 9. The molecule has 2 nitrogen and oxygen atoms in total. The molecule has 166 valence electrons. The predicted octanol–water partition coefficient (Wildman–Crippen LogP) is 7.80. The fourth-order valence-corrected chi connectivity index (χ4v) is 4.35. The normalized spacial score (nSPS) is 19.5. The Hall–Kier alpha value is -2.43. The zero-order chi connectivity index (χ0) is 22.1. The molecule has 5 heteroatoms. The van der Waals surface area contributed by atoms with E-state index in [-0.39, 0.29) is 5.56 Å². The van der Waals surface area contributed by atoms with Crippen LogP contribution in [0.2, 0.25) is 0 Å². The summed E-state index contributed by atoms with van der Waals surface area (Å²) in [5, 5.41) is 7.71. The van der Waals surface area contributed by atoms with E-state index in [0.29, 0.717) is 5.92 Å². The molecule has 2 aromatic carbocycles. The zero-order valence-electron chi connectivity index (χ0n) is 18.2. The average Bonchev–Trinajstić information content (AvgIpc) is 2.79. The van der Waals surface area contributed by atoms with Crippen molar-refractivity contribution in [3.05, 3.63) is 70.5 Å². The summed E-state index contributed by atoms with van der Waals surface area (Å²) in [5.41, 5.74) is 2.40. The molecule has 0 N–H and O–H groups in total. The van der Waals surface area contributed by atoms with Crippen molar-refractivity contribution in [2.45, 2.75) is 70.6 Å². The van der Waals surface area contributed by atoms with Gasteiger partial charge in [-0.3, -0.25) is 0 Å². The van der Waals surface area contributed by atoms with Crippen molar-refractivity contribution < 1.29 is 13.2 Å². The first kappa shape index (κ1) is 23.2. The van der Waals surface area contributed by atoms with E-state index in [4.69, 9.17) is 0 Å². The molecule has 0 spiro atoms. The van der Waals surface area contributed by atoms with E-state index in [1.165, 1.54) is 69.6 Å². The molecule has 0 radical (unpaired) electrons. The van der Waals surface area contributed by atoms with E-state index in [2.05, 4.69) is 29.3 Å². The molecule has 0 atom stereocenters. The monoisotopic (exact) mass is 428 g/mol. The second kappa shape index (κ2) is 11.8. The molecular weight excluding hydrogens is 397 g/mol. The van der Waals surface area contributed by atoms with Crippen molar-refractivity contribution in [3.63, 3.8) is 0 Å². The van der Waals surface area contributed by atoms with Gasteiger partial charge in [0.15, 0.2) is 17.5 Å². The summed E-state index contributed by atoms with van der Waals surface area (Å²) in [6, 6.07) is 10.1. The van der Waals surface area contributed by atoms with Crippen LogP contribution >= 0.6 is 0 Å². The van der Waals surface area contributed by atoms with Gasteiger partial charge in [-0.1, -0.05) is 63.3 Å². The Bertz CT molecular complexity index is 859. The van der Waals surface area contributed by atoms with Crippen molar-refractivity contribution >= 4 is 12.4 Å². The topological polar surface area (TPSA) is 24.7 Å². The molecule has 31 heavy (non-hydrogen) atoms. The first-order chi connectivity index (χ1) is 15.1. The first-order valence-corrected chi connectivity index (χ1v) is 11.4. The van der Waals surface area contributed by atoms with E-state index < -0.39 is 17.5 Å². The van der Waals surface area contributed by atoms with Gasteiger partial charge in [0.1, 0.15) is 0 Å². The van der Waals surface area contributed by atoms with Crippen LogP contribution in [0.1, 0.15) is 87.3 Å². The van der Waals surface area contributed by atoms with Crippen molar-refractivity contribution in [1.29, 1.82) is 0 Å². The van der Waals surface area contributed by atoms with E-state index in [1.54, 1.807) is 6.21 Å². The van der Waals surface area contributed by atoms with Crippen LogP contribution in [-0.4, -0.2) is 12.4 Å². The zero-order valence-corrected chi connectivity index (χ0v) is 18.2. The number of unbranched alkanes of at least 4 members (excludes halogenated alkanes) is 3. The number of nitrogens with zero attached hydrogens (tertiary/aromatic N) is 2. The van der Waals surface area contributed by atoms with Gasteiger partial charge < -0.3 is 0 Å². The van der Waals surface area contributed by atoms with Crippen LogP contribution in [0.5, 0.6) is 0 Å². The van der Waals surface area contributed by atoms with E-state index in [9.17, 15) is 13.2 Å². The molecule has 3 rings (SSSR count). The molecule has 0 aromatic heterocycles. The highest BCUT2D eigenvalue weighted by molar-refractivity contribution is 5.82. The smallest absolute Gasteiger partial charge is 0.194 e. The molecule has 0 saturated heterocycles. The largest absolute Gasteiger partial charge is 0.204 e. The van der Waals surface area contributed by atoms with Gasteiger partial charge in [-0.2, -0.15) is 10.2 Å². The lowest BCUT2D eigenvalue weighted by Gasteiger charge is -2.29. The Kier molecular flexibility index (Phi) is 8.86. The minimum Gasteiger partial charge on any atom is -0.204 e. The summed E-state index contributed by atoms with van der Waals surface area (Å²) in [4.78, 5) is 0. The highest BCUT2D eigenvalue weighted by Crippen LogP contribution is 2.37. The number of halogens is 3. The van der Waals surface area contributed by atoms with E-state index in [0.717, 1.165) is 23.6 Å². The number of benzene rings is 2. The Morgan fingerprint density at radius 2 is 1.42 bits per heavy atom. The van der Waals surface area contributed by atoms with Crippen LogP contribution in [0.3, 0.4) is 0 Å². The predicted molar refractivity (Wildman–Crippen MR) is 121 cm³/mol. The summed E-state index contributed by atoms with van der Waals surface area (Å²) in [6.45, 7) is 2.26. The molecule has 0 bridgehead atoms. The maximum atomic E-state index is 13.2. The molecule has 1 saturated carbocycles. The summed E-state index contributed by atoms with van der Waals surface area (Å²) >= 11 is 0. The Balaban J connectivity index is 1.47. The van der Waals surface area contributed by atoms with Gasteiger partial charge in [0.25, 0.3) is 0 Å². The maximum absolute atomic E-state index is 13.2. The second-order valence-corrected chi connectivity index (χ2v) is 8.52. The summed E-state index contributed by atoms with van der Waals surface area (Å²) in [5.74, 6) is -2.43. The van der Waals surface area contributed by atoms with Crippen molar-refractivity contribution in [3.8, 4) is 0 Å². The summed E-state index contributed by atoms with van der Waals surface area (Å²) in [7, 11) is 0. The summed E-state index contributed by atoms with van der Waals surface area (Å²) < 4.78 is 39.3. The van der Waals surface area contributed by atoms with Crippen LogP contribution in [0.25, 0.3) is 0 Å². The molecule has 1 aliphatic carbocycles. The standard InChI is InChI=1S/C26H31F3N2/c1-2-3-4-5-6-19-7-11-22(12-8-19)23-13-9-20(10-14-23)17-30-31-18-21-15-24(27)26(29)25(28)16-21/h9-10,13-19,22H,2-8,11-12H2,1H3/b30-17+,31-18+. The third-order valence-electron chi connectivity index (χ3n) is 6.21. The van der Waals surface area contributed by atoms with Gasteiger partial charge >= 0.3 is 0 Å². The van der Waals surface area contributed by atoms with Gasteiger partial charge in [-0.15, -0.1) is 0 Å². The quantitative estimate of drug-likeness (QED) is 0.168. The van der Waals surface area contributed by atoms with Crippen molar-refractivity contribution in [2.24, 2.45) is 16.1 Å². The molecule has 0 heterocycles. The van der Waals surface area contributed by atoms with Gasteiger partial charge in [-0.05, 0) is 60.8 Å². The van der Waals surface area contributed by atoms with Crippen LogP contribution in [0.15, 0.2) is 46.6 Å². The number of hydrogen-bond donors (Lipinski definition) is 0. The lowest BCUT2D eigenvalue weighted by molar-refractivity contribution is 0.302. The highest BCUT2D eigenvalue weighted by Gasteiger charge is 2.21. The minimum absolute atomic E-state index is 0.116. The average molecular weight is 429 g/mol. The second-order valence-electron chi connectivity index (χ2n) is 8.52. The fraction of sp³-hybridized carbons (Fsp3) is 0.462. The van der Waals surface area contributed by atoms with E-state index >= 15 is 0 Å². The molecule has 2 aromatic rings. The van der Waals surface area contributed by atoms with Crippen LogP contribution in [0, 0.1) is 23.4 Å². The number of hydrogen-bond acceptors (Lipinski definition) is 2. The van der Waals surface area contributed by atoms with Crippen molar-refractivity contribution in [2.75, 3.05) is 0 Å². The molecule has 0 aliphatic heterocycles. The molecular formula is C26H31F3N2. The molecule has 1 fully saturated rings. The Morgan fingerprint density at radius 1 is 0.806 bits per heavy atom. The van der Waals surface area contributed by atoms with Crippen LogP contribution in [0.4, 0.5) is 13.2 Å². The first-order valence-electron chi connectivity index (χ1n) is 11.4. The van der Waals surface area contributed by atoms with Crippen LogP contribution in [-0.2, 0) is 0 Å². The lowest BCUT2D eigenvalue weighted by Crippen LogP contribution is -2.13. The van der Waals surface area contributed by atoms with E-state index in [1.807, 2.05) is 12.1 Å². The maximum Gasteiger partial charge on any atom is 0.194 e. The van der Waals surface area contributed by atoms with Gasteiger partial charge in [0, 0.05) is 5.56 Å².